The second-order valence-corrected chi connectivity index (χ2v) is 4.04. The van der Waals surface area contributed by atoms with Crippen molar-refractivity contribution in [1.29, 1.82) is 0 Å². The fourth-order valence-corrected chi connectivity index (χ4v) is 1.56. The smallest absolute Gasteiger partial charge is 0.331 e. The zero-order valence-electron chi connectivity index (χ0n) is 10.6. The maximum absolute atomic E-state index is 11.7. The summed E-state index contributed by atoms with van der Waals surface area (Å²) in [5.74, 6) is -1.17. The monoisotopic (exact) mass is 279 g/mol. The van der Waals surface area contributed by atoms with Crippen molar-refractivity contribution in [2.24, 2.45) is 7.05 Å². The van der Waals surface area contributed by atoms with E-state index >= 15 is 0 Å². The second-order valence-electron chi connectivity index (χ2n) is 4.04. The van der Waals surface area contributed by atoms with Gasteiger partial charge >= 0.3 is 12.0 Å². The molecule has 2 heterocycles. The van der Waals surface area contributed by atoms with Crippen molar-refractivity contribution in [2.75, 3.05) is 0 Å². The van der Waals surface area contributed by atoms with Crippen LogP contribution in [0.5, 0.6) is 0 Å². The second kappa shape index (κ2) is 5.87. The lowest BCUT2D eigenvalue weighted by Gasteiger charge is -2.13. The summed E-state index contributed by atoms with van der Waals surface area (Å²) in [6, 6.07) is -0.193. The van der Waals surface area contributed by atoms with Gasteiger partial charge in [0.2, 0.25) is 0 Å². The van der Waals surface area contributed by atoms with Gasteiger partial charge in [0, 0.05) is 24.9 Å². The molecule has 0 aliphatic carbocycles. The van der Waals surface area contributed by atoms with Crippen LogP contribution in [0, 0.1) is 0 Å². The van der Waals surface area contributed by atoms with Gasteiger partial charge in [0.05, 0.1) is 12.7 Å². The summed E-state index contributed by atoms with van der Waals surface area (Å²) in [7, 11) is 1.66. The van der Waals surface area contributed by atoms with Crippen molar-refractivity contribution in [3.8, 4) is 0 Å². The molecule has 2 aromatic rings. The number of hydrogen-bond acceptors (Lipinski definition) is 5. The van der Waals surface area contributed by atoms with Crippen molar-refractivity contribution in [2.45, 2.75) is 12.6 Å². The molecule has 0 aromatic carbocycles. The summed E-state index contributed by atoms with van der Waals surface area (Å²) in [5.41, 5.74) is 0.921. The zero-order valence-corrected chi connectivity index (χ0v) is 10.6. The third-order valence-electron chi connectivity index (χ3n) is 2.50. The van der Waals surface area contributed by atoms with Crippen LogP contribution in [0.25, 0.3) is 0 Å². The standard InChI is InChI=1S/C11H13N5O4/c1-16-6-7(4-13-16)9(10(17)18)14-11(19)12-5-8-2-3-20-15-8/h2-4,6,9H,5H2,1H3,(H,17,18)(H2,12,14,19). The van der Waals surface area contributed by atoms with E-state index in [-0.39, 0.29) is 6.54 Å². The Morgan fingerprint density at radius 2 is 2.35 bits per heavy atom. The van der Waals surface area contributed by atoms with Gasteiger partial charge in [-0.2, -0.15) is 5.10 Å². The largest absolute Gasteiger partial charge is 0.479 e. The summed E-state index contributed by atoms with van der Waals surface area (Å²) >= 11 is 0. The van der Waals surface area contributed by atoms with E-state index in [2.05, 4.69) is 25.4 Å². The third-order valence-corrected chi connectivity index (χ3v) is 2.50. The lowest BCUT2D eigenvalue weighted by atomic mass is 10.1. The first-order valence-corrected chi connectivity index (χ1v) is 5.71. The predicted octanol–water partition coefficient (Wildman–Crippen LogP) is 0.0332. The van der Waals surface area contributed by atoms with Crippen LogP contribution in [0.1, 0.15) is 17.3 Å². The lowest BCUT2D eigenvalue weighted by Crippen LogP contribution is -2.40. The minimum atomic E-state index is -1.17. The minimum Gasteiger partial charge on any atom is -0.479 e. The van der Waals surface area contributed by atoms with Crippen LogP contribution in [0.3, 0.4) is 0 Å². The van der Waals surface area contributed by atoms with Gasteiger partial charge < -0.3 is 20.3 Å². The van der Waals surface area contributed by atoms with Crippen LogP contribution >= 0.6 is 0 Å². The van der Waals surface area contributed by atoms with Gasteiger partial charge in [-0.05, 0) is 0 Å². The molecule has 0 aliphatic rings. The Morgan fingerprint density at radius 3 is 2.90 bits per heavy atom. The number of aryl methyl sites for hydroxylation is 1. The number of amides is 2. The molecular formula is C11H13N5O4. The summed E-state index contributed by atoms with van der Waals surface area (Å²) < 4.78 is 6.07. The molecule has 0 saturated carbocycles. The molecule has 0 spiro atoms. The molecule has 2 aromatic heterocycles. The van der Waals surface area contributed by atoms with E-state index in [4.69, 9.17) is 5.11 Å². The van der Waals surface area contributed by atoms with Gasteiger partial charge in [-0.1, -0.05) is 5.16 Å². The summed E-state index contributed by atoms with van der Waals surface area (Å²) in [6.45, 7) is 0.141. The Balaban J connectivity index is 1.94. The Kier molecular flexibility index (Phi) is 3.99. The third kappa shape index (κ3) is 3.34. The number of urea groups is 1. The van der Waals surface area contributed by atoms with E-state index in [0.717, 1.165) is 0 Å². The predicted molar refractivity (Wildman–Crippen MR) is 65.5 cm³/mol. The molecule has 9 heteroatoms. The van der Waals surface area contributed by atoms with E-state index < -0.39 is 18.0 Å². The van der Waals surface area contributed by atoms with Gasteiger partial charge in [-0.25, -0.2) is 9.59 Å². The number of nitrogens with one attached hydrogen (secondary N) is 2. The van der Waals surface area contributed by atoms with Gasteiger partial charge in [-0.3, -0.25) is 4.68 Å². The van der Waals surface area contributed by atoms with Gasteiger partial charge in [-0.15, -0.1) is 0 Å². The number of hydrogen-bond donors (Lipinski definition) is 3. The van der Waals surface area contributed by atoms with E-state index in [1.807, 2.05) is 0 Å². The van der Waals surface area contributed by atoms with Gasteiger partial charge in [0.1, 0.15) is 12.0 Å². The Hall–Kier alpha value is -2.84. The van der Waals surface area contributed by atoms with Crippen LogP contribution in [-0.2, 0) is 18.4 Å². The molecule has 3 N–H and O–H groups in total. The number of carboxylic acid groups (broad SMARTS) is 1. The quantitative estimate of drug-likeness (QED) is 0.710. The number of carbonyl (C=O) groups excluding carboxylic acids is 1. The molecule has 0 saturated heterocycles. The topological polar surface area (TPSA) is 122 Å². The van der Waals surface area contributed by atoms with Crippen molar-refractivity contribution < 1.29 is 19.2 Å². The zero-order chi connectivity index (χ0) is 14.5. The van der Waals surface area contributed by atoms with Crippen LogP contribution in [0.15, 0.2) is 29.2 Å². The van der Waals surface area contributed by atoms with Crippen LogP contribution in [-0.4, -0.2) is 32.0 Å². The highest BCUT2D eigenvalue weighted by Crippen LogP contribution is 2.11. The Morgan fingerprint density at radius 1 is 1.55 bits per heavy atom. The van der Waals surface area contributed by atoms with Gasteiger partial charge in [0.15, 0.2) is 6.04 Å². The SMILES string of the molecule is Cn1cc(C(NC(=O)NCc2ccon2)C(=O)O)cn1. The fraction of sp³-hybridized carbons (Fsp3) is 0.273. The highest BCUT2D eigenvalue weighted by Gasteiger charge is 2.23. The number of nitrogens with zero attached hydrogens (tertiary/aromatic N) is 3. The highest BCUT2D eigenvalue weighted by molar-refractivity contribution is 5.83. The average Bonchev–Trinajstić information content (AvgIpc) is 3.04. The van der Waals surface area contributed by atoms with Gasteiger partial charge in [0.25, 0.3) is 0 Å². The Labute approximate surface area is 113 Å². The normalized spacial score (nSPS) is 11.8. The molecule has 2 rings (SSSR count). The fourth-order valence-electron chi connectivity index (χ4n) is 1.56. The molecule has 20 heavy (non-hydrogen) atoms. The highest BCUT2D eigenvalue weighted by atomic mass is 16.5. The summed E-state index contributed by atoms with van der Waals surface area (Å²) in [6.07, 6.45) is 4.29. The molecule has 106 valence electrons. The molecule has 0 fully saturated rings. The number of aliphatic carboxylic acids is 1. The molecule has 9 nitrogen and oxygen atoms in total. The maximum Gasteiger partial charge on any atom is 0.331 e. The molecule has 0 radical (unpaired) electrons. The Bertz CT molecular complexity index is 592. The van der Waals surface area contributed by atoms with E-state index in [1.54, 1.807) is 13.1 Å². The maximum atomic E-state index is 11.7. The van der Waals surface area contributed by atoms with E-state index in [0.29, 0.717) is 11.3 Å². The average molecular weight is 279 g/mol. The van der Waals surface area contributed by atoms with Crippen molar-refractivity contribution in [1.82, 2.24) is 25.6 Å². The van der Waals surface area contributed by atoms with Crippen LogP contribution in [0.2, 0.25) is 0 Å². The molecular weight excluding hydrogens is 266 g/mol. The van der Waals surface area contributed by atoms with Crippen molar-refractivity contribution in [3.05, 3.63) is 36.0 Å². The van der Waals surface area contributed by atoms with Crippen LogP contribution < -0.4 is 10.6 Å². The minimum absolute atomic E-state index is 0.141. The van der Waals surface area contributed by atoms with Crippen molar-refractivity contribution >= 4 is 12.0 Å². The number of carbonyl (C=O) groups is 2. The first-order valence-electron chi connectivity index (χ1n) is 5.71. The first-order chi connectivity index (χ1) is 9.56. The molecule has 0 aliphatic heterocycles. The molecule has 1 atom stereocenters. The molecule has 0 bridgehead atoms. The number of carboxylic acids is 1. The van der Waals surface area contributed by atoms with E-state index in [1.165, 1.54) is 23.3 Å². The summed E-state index contributed by atoms with van der Waals surface area (Å²) in [5, 5.41) is 21.5. The number of aromatic nitrogens is 3. The van der Waals surface area contributed by atoms with E-state index in [9.17, 15) is 9.59 Å². The van der Waals surface area contributed by atoms with Crippen LogP contribution in [0.4, 0.5) is 4.79 Å². The lowest BCUT2D eigenvalue weighted by molar-refractivity contribution is -0.139. The summed E-state index contributed by atoms with van der Waals surface area (Å²) in [4.78, 5) is 22.8. The molecule has 1 unspecified atom stereocenters. The van der Waals surface area contributed by atoms with Crippen molar-refractivity contribution in [3.63, 3.8) is 0 Å². The first kappa shape index (κ1) is 13.6. The number of rotatable bonds is 5. The molecule has 2 amide bonds.